The Hall–Kier alpha value is -1.69. The topological polar surface area (TPSA) is 67.3 Å². The van der Waals surface area contributed by atoms with Crippen LogP contribution in [0.3, 0.4) is 0 Å². The van der Waals surface area contributed by atoms with E-state index in [0.717, 1.165) is 37.4 Å². The van der Waals surface area contributed by atoms with Crippen LogP contribution in [0.2, 0.25) is 0 Å². The van der Waals surface area contributed by atoms with Crippen LogP contribution in [0.1, 0.15) is 32.4 Å². The van der Waals surface area contributed by atoms with Gasteiger partial charge in [-0.15, -0.1) is 5.10 Å². The summed E-state index contributed by atoms with van der Waals surface area (Å²) < 4.78 is 5.93. The molecule has 0 bridgehead atoms. The molecule has 126 valence electrons. The number of carbonyl (C=O) groups is 1. The van der Waals surface area contributed by atoms with Crippen LogP contribution in [0.5, 0.6) is 0 Å². The third kappa shape index (κ3) is 3.63. The predicted octanol–water partition coefficient (Wildman–Crippen LogP) is 1.54. The second-order valence-corrected chi connectivity index (χ2v) is 6.90. The monoisotopic (exact) mass is 318 g/mol. The maximum Gasteiger partial charge on any atom is 0.223 e. The molecule has 6 nitrogen and oxygen atoms in total. The first-order valence-corrected chi connectivity index (χ1v) is 8.52. The Morgan fingerprint density at radius 3 is 2.87 bits per heavy atom. The SMILES string of the molecule is Cc1ccc(N2CC[C@H]3OCC[C@@H](C(=O)NC(C)C)[C@@H]3C2)nn1. The second kappa shape index (κ2) is 6.83. The molecule has 3 heterocycles. The molecule has 1 aromatic heterocycles. The molecule has 0 aliphatic carbocycles. The highest BCUT2D eigenvalue weighted by Crippen LogP contribution is 2.34. The van der Waals surface area contributed by atoms with Crippen molar-refractivity contribution in [3.63, 3.8) is 0 Å². The maximum absolute atomic E-state index is 12.5. The highest BCUT2D eigenvalue weighted by molar-refractivity contribution is 5.79. The number of aromatic nitrogens is 2. The van der Waals surface area contributed by atoms with Crippen molar-refractivity contribution in [2.45, 2.75) is 45.8 Å². The Morgan fingerprint density at radius 2 is 2.17 bits per heavy atom. The van der Waals surface area contributed by atoms with Crippen LogP contribution >= 0.6 is 0 Å². The van der Waals surface area contributed by atoms with Crippen molar-refractivity contribution in [3.8, 4) is 0 Å². The van der Waals surface area contributed by atoms with Crippen LogP contribution < -0.4 is 10.2 Å². The minimum atomic E-state index is 0.0253. The lowest BCUT2D eigenvalue weighted by Gasteiger charge is -2.44. The van der Waals surface area contributed by atoms with E-state index in [-0.39, 0.29) is 29.9 Å². The van der Waals surface area contributed by atoms with Gasteiger partial charge in [0, 0.05) is 37.6 Å². The zero-order chi connectivity index (χ0) is 16.4. The Balaban J connectivity index is 1.73. The zero-order valence-corrected chi connectivity index (χ0v) is 14.2. The first kappa shape index (κ1) is 16.2. The first-order chi connectivity index (χ1) is 11.0. The van der Waals surface area contributed by atoms with Crippen LogP contribution in [0, 0.1) is 18.8 Å². The summed E-state index contributed by atoms with van der Waals surface area (Å²) in [6.07, 6.45) is 1.92. The highest BCUT2D eigenvalue weighted by Gasteiger charge is 2.42. The van der Waals surface area contributed by atoms with Crippen molar-refractivity contribution in [3.05, 3.63) is 17.8 Å². The molecule has 2 aliphatic rings. The number of hydrogen-bond acceptors (Lipinski definition) is 5. The molecule has 0 saturated carbocycles. The minimum absolute atomic E-state index is 0.0253. The summed E-state index contributed by atoms with van der Waals surface area (Å²) in [4.78, 5) is 14.8. The van der Waals surface area contributed by atoms with E-state index in [4.69, 9.17) is 4.74 Å². The van der Waals surface area contributed by atoms with Crippen LogP contribution in [0.15, 0.2) is 12.1 Å². The van der Waals surface area contributed by atoms with Crippen molar-refractivity contribution in [1.29, 1.82) is 0 Å². The van der Waals surface area contributed by atoms with E-state index in [2.05, 4.69) is 20.4 Å². The number of anilines is 1. The average Bonchev–Trinajstić information content (AvgIpc) is 2.54. The quantitative estimate of drug-likeness (QED) is 0.916. The number of ether oxygens (including phenoxy) is 1. The number of carbonyl (C=O) groups excluding carboxylic acids is 1. The Bertz CT molecular complexity index is 546. The number of nitrogens with zero attached hydrogens (tertiary/aromatic N) is 3. The summed E-state index contributed by atoms with van der Waals surface area (Å²) in [5.74, 6) is 1.30. The van der Waals surface area contributed by atoms with E-state index < -0.39 is 0 Å². The summed E-state index contributed by atoms with van der Waals surface area (Å²) in [5.41, 5.74) is 0.916. The molecule has 1 N–H and O–H groups in total. The van der Waals surface area contributed by atoms with Crippen molar-refractivity contribution in [2.75, 3.05) is 24.6 Å². The van der Waals surface area contributed by atoms with Gasteiger partial charge in [-0.1, -0.05) is 0 Å². The summed E-state index contributed by atoms with van der Waals surface area (Å²) in [6, 6.07) is 4.16. The van der Waals surface area contributed by atoms with Gasteiger partial charge in [0.2, 0.25) is 5.91 Å². The molecule has 0 radical (unpaired) electrons. The van der Waals surface area contributed by atoms with Gasteiger partial charge in [-0.25, -0.2) is 0 Å². The van der Waals surface area contributed by atoms with E-state index in [9.17, 15) is 4.79 Å². The Kier molecular flexibility index (Phi) is 4.80. The lowest BCUT2D eigenvalue weighted by Crippen LogP contribution is -2.54. The normalized spacial score (nSPS) is 27.7. The van der Waals surface area contributed by atoms with Crippen LogP contribution in [-0.2, 0) is 9.53 Å². The number of rotatable bonds is 3. The standard InChI is InChI=1S/C17H26N4O2/c1-11(2)18-17(22)13-7-9-23-15-6-8-21(10-14(13)15)16-5-4-12(3)19-20-16/h4-5,11,13-15H,6-10H2,1-3H3,(H,18,22)/t13-,14+,15-/m1/s1. The largest absolute Gasteiger partial charge is 0.378 e. The van der Waals surface area contributed by atoms with Crippen molar-refractivity contribution in [1.82, 2.24) is 15.5 Å². The molecular formula is C17H26N4O2. The van der Waals surface area contributed by atoms with Crippen molar-refractivity contribution >= 4 is 11.7 Å². The maximum atomic E-state index is 12.5. The van der Waals surface area contributed by atoms with Gasteiger partial charge in [-0.05, 0) is 45.7 Å². The third-order valence-corrected chi connectivity index (χ3v) is 4.75. The predicted molar refractivity (Wildman–Crippen MR) is 88.2 cm³/mol. The molecule has 1 aromatic rings. The molecule has 3 rings (SSSR count). The van der Waals surface area contributed by atoms with E-state index >= 15 is 0 Å². The van der Waals surface area contributed by atoms with Gasteiger partial charge in [0.15, 0.2) is 5.82 Å². The number of nitrogens with one attached hydrogen (secondary N) is 1. The lowest BCUT2D eigenvalue weighted by atomic mass is 9.79. The first-order valence-electron chi connectivity index (χ1n) is 8.52. The second-order valence-electron chi connectivity index (χ2n) is 6.90. The molecule has 2 aliphatic heterocycles. The van der Waals surface area contributed by atoms with Gasteiger partial charge >= 0.3 is 0 Å². The zero-order valence-electron chi connectivity index (χ0n) is 14.2. The van der Waals surface area contributed by atoms with Gasteiger partial charge in [-0.3, -0.25) is 4.79 Å². The highest BCUT2D eigenvalue weighted by atomic mass is 16.5. The lowest BCUT2D eigenvalue weighted by molar-refractivity contribution is -0.137. The minimum Gasteiger partial charge on any atom is -0.378 e. The number of aryl methyl sites for hydroxylation is 1. The van der Waals surface area contributed by atoms with Gasteiger partial charge in [-0.2, -0.15) is 5.10 Å². The van der Waals surface area contributed by atoms with Gasteiger partial charge in [0.05, 0.1) is 11.8 Å². The fourth-order valence-electron chi connectivity index (χ4n) is 3.60. The summed E-state index contributed by atoms with van der Waals surface area (Å²) in [5, 5.41) is 11.5. The van der Waals surface area contributed by atoms with E-state index in [1.54, 1.807) is 0 Å². The summed E-state index contributed by atoms with van der Waals surface area (Å²) in [7, 11) is 0. The molecule has 0 aromatic carbocycles. The van der Waals surface area contributed by atoms with Crippen LogP contribution in [0.4, 0.5) is 5.82 Å². The van der Waals surface area contributed by atoms with Crippen molar-refractivity contribution in [2.24, 2.45) is 11.8 Å². The van der Waals surface area contributed by atoms with Crippen LogP contribution in [0.25, 0.3) is 0 Å². The molecule has 0 spiro atoms. The molecule has 2 fully saturated rings. The van der Waals surface area contributed by atoms with Gasteiger partial charge in [0.1, 0.15) is 0 Å². The smallest absolute Gasteiger partial charge is 0.223 e. The molecule has 0 unspecified atom stereocenters. The number of hydrogen-bond donors (Lipinski definition) is 1. The molecule has 3 atom stereocenters. The van der Waals surface area contributed by atoms with E-state index in [1.165, 1.54) is 0 Å². The number of amides is 1. The molecular weight excluding hydrogens is 292 g/mol. The molecule has 23 heavy (non-hydrogen) atoms. The Morgan fingerprint density at radius 1 is 1.35 bits per heavy atom. The summed E-state index contributed by atoms with van der Waals surface area (Å²) >= 11 is 0. The summed E-state index contributed by atoms with van der Waals surface area (Å²) in [6.45, 7) is 8.33. The molecule has 2 saturated heterocycles. The van der Waals surface area contributed by atoms with E-state index in [1.807, 2.05) is 32.9 Å². The molecule has 1 amide bonds. The molecule has 6 heteroatoms. The average molecular weight is 318 g/mol. The van der Waals surface area contributed by atoms with Crippen molar-refractivity contribution < 1.29 is 9.53 Å². The number of piperidine rings is 1. The van der Waals surface area contributed by atoms with Gasteiger partial charge < -0.3 is 15.0 Å². The fourth-order valence-corrected chi connectivity index (χ4v) is 3.60. The fraction of sp³-hybridized carbons (Fsp3) is 0.706. The van der Waals surface area contributed by atoms with Gasteiger partial charge in [0.25, 0.3) is 0 Å². The van der Waals surface area contributed by atoms with E-state index in [0.29, 0.717) is 6.61 Å². The van der Waals surface area contributed by atoms with Crippen LogP contribution in [-0.4, -0.2) is 47.9 Å². The number of fused-ring (bicyclic) bond motifs is 1. The third-order valence-electron chi connectivity index (χ3n) is 4.75. The Labute approximate surface area is 137 Å².